The number of nitrogen functional groups attached to an aromatic ring is 1. The van der Waals surface area contributed by atoms with Gasteiger partial charge in [-0.15, -0.1) is 0 Å². The summed E-state index contributed by atoms with van der Waals surface area (Å²) in [5, 5.41) is 10.5. The summed E-state index contributed by atoms with van der Waals surface area (Å²) in [6, 6.07) is 18.8. The average Bonchev–Trinajstić information content (AvgIpc) is 3.57. The van der Waals surface area contributed by atoms with Crippen LogP contribution in [0.5, 0.6) is 0 Å². The number of unbranched alkanes of at least 4 members (excludes halogenated alkanes) is 1. The number of nitrogens with two attached hydrogens (primary N) is 1. The molecular formula is C30H37N9O2S. The fraction of sp³-hybridized carbons (Fsp3) is 0.367. The summed E-state index contributed by atoms with van der Waals surface area (Å²) in [7, 11) is -0.185. The van der Waals surface area contributed by atoms with Crippen LogP contribution in [0.4, 0.5) is 5.82 Å². The summed E-state index contributed by atoms with van der Waals surface area (Å²) in [6.07, 6.45) is 6.42. The molecule has 1 fully saturated rings. The first-order valence-corrected chi connectivity index (χ1v) is 15.7. The maximum atomic E-state index is 12.4. The lowest BCUT2D eigenvalue weighted by Crippen LogP contribution is -2.51. The topological polar surface area (TPSA) is 118 Å². The fourth-order valence-corrected chi connectivity index (χ4v) is 6.76. The number of fused-ring (bicyclic) bond motifs is 2. The van der Waals surface area contributed by atoms with Crippen molar-refractivity contribution in [1.29, 1.82) is 0 Å². The molecule has 0 radical (unpaired) electrons. The number of rotatable bonds is 10. The van der Waals surface area contributed by atoms with E-state index in [9.17, 15) is 8.42 Å². The lowest BCUT2D eigenvalue weighted by molar-refractivity contribution is 0.181. The summed E-state index contributed by atoms with van der Waals surface area (Å²) >= 11 is 0. The predicted octanol–water partition coefficient (Wildman–Crippen LogP) is 3.12. The Labute approximate surface area is 246 Å². The number of nitrogens with zero attached hydrogens (tertiary/aromatic N) is 8. The van der Waals surface area contributed by atoms with Gasteiger partial charge in [-0.2, -0.15) is 27.2 Å². The molecule has 11 nitrogen and oxygen atoms in total. The summed E-state index contributed by atoms with van der Waals surface area (Å²) in [6.45, 7) is 4.20. The fourth-order valence-electron chi connectivity index (χ4n) is 5.67. The smallest absolute Gasteiger partial charge is 0.281 e. The van der Waals surface area contributed by atoms with Gasteiger partial charge in [-0.3, -0.25) is 4.68 Å². The van der Waals surface area contributed by atoms with Crippen LogP contribution in [0.3, 0.4) is 0 Å². The largest absolute Gasteiger partial charge is 0.382 e. The first-order chi connectivity index (χ1) is 20.3. The maximum Gasteiger partial charge on any atom is 0.281 e. The van der Waals surface area contributed by atoms with Gasteiger partial charge < -0.3 is 10.6 Å². The second-order valence-corrected chi connectivity index (χ2v) is 13.2. The standard InChI is InChI=1S/C30H37N9O2S/c1-35(2)42(40,41)38-16-14-36(15-17-38)13-7-6-10-26-19-27(29-30(31)32-22-33-39(26)29)24-11-12-25-21-37(34-28(25)18-24)20-23-8-4-3-5-9-23/h3-5,8-9,11-12,18-19,21-22H,6-7,10,13-17,20H2,1-2H3,(H2,31,32,33). The van der Waals surface area contributed by atoms with Crippen molar-refractivity contribution in [3.05, 3.63) is 78.4 Å². The zero-order valence-electron chi connectivity index (χ0n) is 24.1. The zero-order valence-corrected chi connectivity index (χ0v) is 24.9. The van der Waals surface area contributed by atoms with E-state index in [1.807, 2.05) is 27.4 Å². The second-order valence-electron chi connectivity index (χ2n) is 11.0. The van der Waals surface area contributed by atoms with Crippen LogP contribution in [0.15, 0.2) is 67.1 Å². The molecule has 1 aliphatic heterocycles. The number of hydrogen-bond donors (Lipinski definition) is 1. The molecule has 0 amide bonds. The number of hydrogen-bond acceptors (Lipinski definition) is 7. The van der Waals surface area contributed by atoms with E-state index < -0.39 is 10.2 Å². The van der Waals surface area contributed by atoms with Crippen LogP contribution in [0.1, 0.15) is 24.1 Å². The van der Waals surface area contributed by atoms with E-state index in [-0.39, 0.29) is 0 Å². The highest BCUT2D eigenvalue weighted by Crippen LogP contribution is 2.32. The quantitative estimate of drug-likeness (QED) is 0.250. The SMILES string of the molecule is CN(C)S(=O)(=O)N1CCN(CCCCc2cc(-c3ccc4cn(Cc5ccccc5)nc4c3)c3c(N)ncnn23)CC1. The van der Waals surface area contributed by atoms with Crippen LogP contribution < -0.4 is 5.73 Å². The van der Waals surface area contributed by atoms with Gasteiger partial charge in [0.2, 0.25) is 0 Å². The third-order valence-corrected chi connectivity index (χ3v) is 9.93. The van der Waals surface area contributed by atoms with Gasteiger partial charge in [0, 0.05) is 63.1 Å². The van der Waals surface area contributed by atoms with Crippen LogP contribution >= 0.6 is 0 Å². The summed E-state index contributed by atoms with van der Waals surface area (Å²) in [4.78, 5) is 6.62. The Morgan fingerprint density at radius 1 is 0.976 bits per heavy atom. The van der Waals surface area contributed by atoms with Crippen LogP contribution in [0.2, 0.25) is 0 Å². The van der Waals surface area contributed by atoms with Crippen molar-refractivity contribution in [3.8, 4) is 11.1 Å². The Kier molecular flexibility index (Phi) is 7.95. The van der Waals surface area contributed by atoms with E-state index in [1.165, 1.54) is 16.2 Å². The number of anilines is 1. The van der Waals surface area contributed by atoms with Gasteiger partial charge in [-0.25, -0.2) is 9.50 Å². The molecule has 0 unspecified atom stereocenters. The molecule has 6 rings (SSSR count). The molecular weight excluding hydrogens is 550 g/mol. The highest BCUT2D eigenvalue weighted by Gasteiger charge is 2.28. The van der Waals surface area contributed by atoms with Crippen molar-refractivity contribution in [2.24, 2.45) is 0 Å². The first kappa shape index (κ1) is 28.3. The molecule has 1 aliphatic rings. The summed E-state index contributed by atoms with van der Waals surface area (Å²) in [5.74, 6) is 0.450. The number of aryl methyl sites for hydroxylation is 1. The van der Waals surface area contributed by atoms with Crippen LogP contribution in [-0.2, 0) is 23.2 Å². The normalized spacial score (nSPS) is 15.3. The Hall–Kier alpha value is -3.84. The monoisotopic (exact) mass is 587 g/mol. The molecule has 2 N–H and O–H groups in total. The molecule has 0 saturated carbocycles. The molecule has 0 bridgehead atoms. The van der Waals surface area contributed by atoms with Crippen molar-refractivity contribution in [2.45, 2.75) is 25.8 Å². The van der Waals surface area contributed by atoms with E-state index in [1.54, 1.807) is 18.4 Å². The molecule has 42 heavy (non-hydrogen) atoms. The Balaban J connectivity index is 1.14. The minimum absolute atomic E-state index is 0.450. The minimum atomic E-state index is -3.34. The minimum Gasteiger partial charge on any atom is -0.382 e. The molecule has 4 heterocycles. The number of benzene rings is 2. The Bertz CT molecular complexity index is 1790. The molecule has 12 heteroatoms. The van der Waals surface area contributed by atoms with Gasteiger partial charge >= 0.3 is 0 Å². The van der Waals surface area contributed by atoms with Crippen LogP contribution in [0.25, 0.3) is 27.5 Å². The Morgan fingerprint density at radius 2 is 1.76 bits per heavy atom. The lowest BCUT2D eigenvalue weighted by atomic mass is 10.0. The molecule has 220 valence electrons. The molecule has 3 aromatic heterocycles. The summed E-state index contributed by atoms with van der Waals surface area (Å²) < 4.78 is 31.5. The maximum absolute atomic E-state index is 12.4. The lowest BCUT2D eigenvalue weighted by Gasteiger charge is -2.35. The van der Waals surface area contributed by atoms with Crippen molar-refractivity contribution in [1.82, 2.24) is 37.9 Å². The molecule has 0 spiro atoms. The highest BCUT2D eigenvalue weighted by atomic mass is 32.2. The van der Waals surface area contributed by atoms with E-state index in [4.69, 9.17) is 10.8 Å². The van der Waals surface area contributed by atoms with Gasteiger partial charge in [0.15, 0.2) is 5.82 Å². The van der Waals surface area contributed by atoms with Crippen molar-refractivity contribution in [2.75, 3.05) is 52.6 Å². The third kappa shape index (κ3) is 5.75. The Morgan fingerprint density at radius 3 is 2.52 bits per heavy atom. The van der Waals surface area contributed by atoms with Gasteiger partial charge in [-0.05, 0) is 49.1 Å². The molecule has 2 aromatic carbocycles. The van der Waals surface area contributed by atoms with E-state index in [0.717, 1.165) is 78.7 Å². The van der Waals surface area contributed by atoms with E-state index in [0.29, 0.717) is 18.9 Å². The van der Waals surface area contributed by atoms with Crippen molar-refractivity contribution in [3.63, 3.8) is 0 Å². The molecule has 0 atom stereocenters. The van der Waals surface area contributed by atoms with Gasteiger partial charge in [-0.1, -0.05) is 42.5 Å². The highest BCUT2D eigenvalue weighted by molar-refractivity contribution is 7.86. The second kappa shape index (κ2) is 11.8. The molecule has 1 saturated heterocycles. The predicted molar refractivity (Wildman–Crippen MR) is 165 cm³/mol. The van der Waals surface area contributed by atoms with Gasteiger partial charge in [0.1, 0.15) is 11.8 Å². The first-order valence-electron chi connectivity index (χ1n) is 14.3. The van der Waals surface area contributed by atoms with Crippen molar-refractivity contribution >= 4 is 32.4 Å². The molecule has 5 aromatic rings. The van der Waals surface area contributed by atoms with Crippen LogP contribution in [0, 0.1) is 0 Å². The molecule has 0 aliphatic carbocycles. The van der Waals surface area contributed by atoms with E-state index >= 15 is 0 Å². The zero-order chi connectivity index (χ0) is 29.3. The van der Waals surface area contributed by atoms with Gasteiger partial charge in [0.25, 0.3) is 10.2 Å². The average molecular weight is 588 g/mol. The van der Waals surface area contributed by atoms with Crippen LogP contribution in [-0.4, -0.2) is 93.1 Å². The van der Waals surface area contributed by atoms with E-state index in [2.05, 4.69) is 57.6 Å². The third-order valence-electron chi connectivity index (χ3n) is 7.99. The summed E-state index contributed by atoms with van der Waals surface area (Å²) in [5.41, 5.74) is 12.4. The van der Waals surface area contributed by atoms with Crippen molar-refractivity contribution < 1.29 is 8.42 Å². The van der Waals surface area contributed by atoms with Gasteiger partial charge in [0.05, 0.1) is 12.1 Å². The number of piperazine rings is 1. The number of aromatic nitrogens is 5.